The summed E-state index contributed by atoms with van der Waals surface area (Å²) in [6, 6.07) is 9.20. The Morgan fingerprint density at radius 3 is 2.64 bits per heavy atom. The third kappa shape index (κ3) is 3.84. The van der Waals surface area contributed by atoms with Crippen LogP contribution in [0.15, 0.2) is 30.3 Å². The third-order valence-corrected chi connectivity index (χ3v) is 3.84. The standard InChI is InChI=1S/C16H21N3O3/c1-11(16(22)17-2)18-14(20)10-19-9-13(8-15(19)21)12-6-4-3-5-7-12/h3-7,11,13H,8-10H2,1-2H3,(H,17,22)(H,18,20)/t11-,13-/m1/s1. The van der Waals surface area contributed by atoms with Gasteiger partial charge in [0, 0.05) is 25.9 Å². The Bertz CT molecular complexity index is 559. The molecule has 0 radical (unpaired) electrons. The molecule has 0 bridgehead atoms. The molecule has 0 spiro atoms. The first-order chi connectivity index (χ1) is 10.5. The SMILES string of the molecule is CNC(=O)[C@@H](C)NC(=O)CN1C[C@H](c2ccccc2)CC1=O. The predicted octanol–water partition coefficient (Wildman–Crippen LogP) is 0.253. The molecular weight excluding hydrogens is 282 g/mol. The maximum absolute atomic E-state index is 12.0. The topological polar surface area (TPSA) is 78.5 Å². The maximum atomic E-state index is 12.0. The highest BCUT2D eigenvalue weighted by Gasteiger charge is 2.31. The van der Waals surface area contributed by atoms with E-state index < -0.39 is 6.04 Å². The van der Waals surface area contributed by atoms with E-state index in [-0.39, 0.29) is 30.2 Å². The van der Waals surface area contributed by atoms with Crippen LogP contribution in [0.4, 0.5) is 0 Å². The summed E-state index contributed by atoms with van der Waals surface area (Å²) in [6.45, 7) is 2.13. The molecule has 22 heavy (non-hydrogen) atoms. The average Bonchev–Trinajstić information content (AvgIpc) is 2.88. The summed E-state index contributed by atoms with van der Waals surface area (Å²) >= 11 is 0. The fourth-order valence-electron chi connectivity index (χ4n) is 2.62. The molecule has 2 rings (SSSR count). The number of rotatable bonds is 5. The Morgan fingerprint density at radius 1 is 1.32 bits per heavy atom. The number of likely N-dealkylation sites (tertiary alicyclic amines) is 1. The summed E-state index contributed by atoms with van der Waals surface area (Å²) < 4.78 is 0. The highest BCUT2D eigenvalue weighted by molar-refractivity contribution is 5.90. The van der Waals surface area contributed by atoms with Gasteiger partial charge in [0.2, 0.25) is 17.7 Å². The zero-order valence-corrected chi connectivity index (χ0v) is 12.8. The van der Waals surface area contributed by atoms with Gasteiger partial charge in [-0.3, -0.25) is 14.4 Å². The van der Waals surface area contributed by atoms with E-state index >= 15 is 0 Å². The largest absolute Gasteiger partial charge is 0.357 e. The Morgan fingerprint density at radius 2 is 2.00 bits per heavy atom. The van der Waals surface area contributed by atoms with Gasteiger partial charge in [0.15, 0.2) is 0 Å². The molecule has 1 saturated heterocycles. The number of hydrogen-bond donors (Lipinski definition) is 2. The van der Waals surface area contributed by atoms with Crippen molar-refractivity contribution in [2.75, 3.05) is 20.1 Å². The van der Waals surface area contributed by atoms with Crippen LogP contribution >= 0.6 is 0 Å². The van der Waals surface area contributed by atoms with Gasteiger partial charge in [0.05, 0.1) is 6.54 Å². The highest BCUT2D eigenvalue weighted by Crippen LogP contribution is 2.27. The van der Waals surface area contributed by atoms with Gasteiger partial charge < -0.3 is 15.5 Å². The van der Waals surface area contributed by atoms with Crippen molar-refractivity contribution in [2.24, 2.45) is 0 Å². The first kappa shape index (κ1) is 16.0. The van der Waals surface area contributed by atoms with Gasteiger partial charge in [-0.05, 0) is 12.5 Å². The van der Waals surface area contributed by atoms with E-state index in [9.17, 15) is 14.4 Å². The zero-order valence-electron chi connectivity index (χ0n) is 12.8. The van der Waals surface area contributed by atoms with Gasteiger partial charge in [0.25, 0.3) is 0 Å². The highest BCUT2D eigenvalue weighted by atomic mass is 16.2. The van der Waals surface area contributed by atoms with Crippen LogP contribution in [0.25, 0.3) is 0 Å². The lowest BCUT2D eigenvalue weighted by Gasteiger charge is -2.18. The Balaban J connectivity index is 1.90. The van der Waals surface area contributed by atoms with Gasteiger partial charge in [-0.25, -0.2) is 0 Å². The Kier molecular flexibility index (Phi) is 5.14. The molecule has 2 atom stereocenters. The van der Waals surface area contributed by atoms with Gasteiger partial charge in [-0.15, -0.1) is 0 Å². The van der Waals surface area contributed by atoms with Crippen molar-refractivity contribution in [3.63, 3.8) is 0 Å². The summed E-state index contributed by atoms with van der Waals surface area (Å²) in [4.78, 5) is 36.9. The fraction of sp³-hybridized carbons (Fsp3) is 0.438. The van der Waals surface area contributed by atoms with E-state index in [2.05, 4.69) is 10.6 Å². The fourth-order valence-corrected chi connectivity index (χ4v) is 2.62. The quantitative estimate of drug-likeness (QED) is 0.818. The molecule has 0 aliphatic carbocycles. The Hall–Kier alpha value is -2.37. The molecule has 0 unspecified atom stereocenters. The molecule has 6 heteroatoms. The van der Waals surface area contributed by atoms with Crippen molar-refractivity contribution in [3.8, 4) is 0 Å². The number of nitrogens with one attached hydrogen (secondary N) is 2. The molecule has 118 valence electrons. The third-order valence-electron chi connectivity index (χ3n) is 3.84. The molecule has 1 fully saturated rings. The molecule has 1 aliphatic rings. The molecular formula is C16H21N3O3. The minimum absolute atomic E-state index is 0.0104. The van der Waals surface area contributed by atoms with Crippen molar-refractivity contribution >= 4 is 17.7 Å². The van der Waals surface area contributed by atoms with Crippen molar-refractivity contribution < 1.29 is 14.4 Å². The van der Waals surface area contributed by atoms with Crippen LogP contribution in [0, 0.1) is 0 Å². The number of nitrogens with zero attached hydrogens (tertiary/aromatic N) is 1. The summed E-state index contributed by atoms with van der Waals surface area (Å²) in [5, 5.41) is 5.05. The van der Waals surface area contributed by atoms with Crippen LogP contribution in [0.1, 0.15) is 24.8 Å². The first-order valence-electron chi connectivity index (χ1n) is 7.35. The van der Waals surface area contributed by atoms with Crippen LogP contribution in [0.2, 0.25) is 0 Å². The summed E-state index contributed by atoms with van der Waals surface area (Å²) in [6.07, 6.45) is 0.419. The van der Waals surface area contributed by atoms with E-state index in [1.54, 1.807) is 11.8 Å². The van der Waals surface area contributed by atoms with Gasteiger partial charge in [-0.1, -0.05) is 30.3 Å². The normalized spacial score (nSPS) is 18.9. The monoisotopic (exact) mass is 303 g/mol. The lowest BCUT2D eigenvalue weighted by molar-refractivity contribution is -0.134. The van der Waals surface area contributed by atoms with E-state index in [1.165, 1.54) is 7.05 Å². The minimum atomic E-state index is -0.611. The van der Waals surface area contributed by atoms with Crippen LogP contribution in [-0.4, -0.2) is 48.8 Å². The number of likely N-dealkylation sites (N-methyl/N-ethyl adjacent to an activating group) is 1. The molecule has 2 N–H and O–H groups in total. The summed E-state index contributed by atoms with van der Waals surface area (Å²) in [7, 11) is 1.51. The Labute approximate surface area is 129 Å². The molecule has 1 aliphatic heterocycles. The van der Waals surface area contributed by atoms with E-state index in [0.29, 0.717) is 13.0 Å². The number of carbonyl (C=O) groups excluding carboxylic acids is 3. The van der Waals surface area contributed by atoms with Crippen molar-refractivity contribution in [1.29, 1.82) is 0 Å². The number of benzene rings is 1. The molecule has 1 aromatic rings. The second kappa shape index (κ2) is 7.06. The molecule has 1 heterocycles. The number of carbonyl (C=O) groups is 3. The molecule has 0 saturated carbocycles. The van der Waals surface area contributed by atoms with E-state index in [1.807, 2.05) is 30.3 Å². The van der Waals surface area contributed by atoms with Gasteiger partial charge in [-0.2, -0.15) is 0 Å². The summed E-state index contributed by atoms with van der Waals surface area (Å²) in [5.41, 5.74) is 1.11. The second-order valence-electron chi connectivity index (χ2n) is 5.49. The number of hydrogen-bond acceptors (Lipinski definition) is 3. The van der Waals surface area contributed by atoms with Crippen molar-refractivity contribution in [3.05, 3.63) is 35.9 Å². The van der Waals surface area contributed by atoms with Crippen LogP contribution in [-0.2, 0) is 14.4 Å². The predicted molar refractivity (Wildman–Crippen MR) is 82.1 cm³/mol. The molecule has 6 nitrogen and oxygen atoms in total. The van der Waals surface area contributed by atoms with Crippen molar-refractivity contribution in [1.82, 2.24) is 15.5 Å². The van der Waals surface area contributed by atoms with Gasteiger partial charge in [0.1, 0.15) is 6.04 Å². The number of amides is 3. The van der Waals surface area contributed by atoms with Crippen LogP contribution in [0.5, 0.6) is 0 Å². The smallest absolute Gasteiger partial charge is 0.242 e. The first-order valence-corrected chi connectivity index (χ1v) is 7.35. The molecule has 3 amide bonds. The lowest BCUT2D eigenvalue weighted by Crippen LogP contribution is -2.47. The van der Waals surface area contributed by atoms with E-state index in [4.69, 9.17) is 0 Å². The van der Waals surface area contributed by atoms with Crippen molar-refractivity contribution in [2.45, 2.75) is 25.3 Å². The zero-order chi connectivity index (χ0) is 16.1. The average molecular weight is 303 g/mol. The van der Waals surface area contributed by atoms with Gasteiger partial charge >= 0.3 is 0 Å². The lowest BCUT2D eigenvalue weighted by atomic mass is 9.99. The molecule has 0 aromatic heterocycles. The molecule has 1 aromatic carbocycles. The van der Waals surface area contributed by atoms with Crippen LogP contribution in [0.3, 0.4) is 0 Å². The second-order valence-corrected chi connectivity index (χ2v) is 5.49. The minimum Gasteiger partial charge on any atom is -0.357 e. The summed E-state index contributed by atoms with van der Waals surface area (Å²) in [5.74, 6) is -0.490. The van der Waals surface area contributed by atoms with E-state index in [0.717, 1.165) is 5.56 Å². The van der Waals surface area contributed by atoms with Crippen LogP contribution < -0.4 is 10.6 Å². The maximum Gasteiger partial charge on any atom is 0.242 e.